The normalized spacial score (nSPS) is 20.2. The molecule has 8 nitrogen and oxygen atoms in total. The molecule has 4 rings (SSSR count). The van der Waals surface area contributed by atoms with Crippen molar-refractivity contribution in [3.63, 3.8) is 0 Å². The lowest BCUT2D eigenvalue weighted by molar-refractivity contribution is -0.136. The van der Waals surface area contributed by atoms with E-state index in [4.69, 9.17) is 13.9 Å². The molecule has 0 aliphatic carbocycles. The van der Waals surface area contributed by atoms with Gasteiger partial charge in [0.25, 0.3) is 5.91 Å². The van der Waals surface area contributed by atoms with Crippen molar-refractivity contribution < 1.29 is 28.6 Å². The topological polar surface area (TPSA) is 92.5 Å². The lowest BCUT2D eigenvalue weighted by Crippen LogP contribution is -2.52. The third kappa shape index (κ3) is 3.86. The molecule has 29 heavy (non-hydrogen) atoms. The van der Waals surface area contributed by atoms with Gasteiger partial charge in [0, 0.05) is 13.1 Å². The van der Waals surface area contributed by atoms with Crippen LogP contribution < -0.4 is 9.64 Å². The summed E-state index contributed by atoms with van der Waals surface area (Å²) < 4.78 is 16.4. The largest absolute Gasteiger partial charge is 0.478 e. The van der Waals surface area contributed by atoms with Gasteiger partial charge in [-0.2, -0.15) is 0 Å². The van der Waals surface area contributed by atoms with Crippen molar-refractivity contribution in [3.8, 4) is 5.75 Å². The molecule has 1 aromatic heterocycles. The van der Waals surface area contributed by atoms with Gasteiger partial charge in [-0.3, -0.25) is 14.5 Å². The highest BCUT2D eigenvalue weighted by atomic mass is 16.5. The van der Waals surface area contributed by atoms with Crippen molar-refractivity contribution >= 4 is 17.5 Å². The Morgan fingerprint density at radius 2 is 2.07 bits per heavy atom. The molecule has 2 amide bonds. The maximum Gasteiger partial charge on any atom is 0.268 e. The molecule has 2 atom stereocenters. The zero-order valence-corrected chi connectivity index (χ0v) is 16.2. The number of furan rings is 1. The summed E-state index contributed by atoms with van der Waals surface area (Å²) in [5, 5.41) is 10.6. The Morgan fingerprint density at radius 3 is 2.76 bits per heavy atom. The van der Waals surface area contributed by atoms with Gasteiger partial charge in [-0.05, 0) is 36.2 Å². The number of morpholine rings is 1. The average Bonchev–Trinajstić information content (AvgIpc) is 3.30. The summed E-state index contributed by atoms with van der Waals surface area (Å²) in [6, 6.07) is 8.51. The van der Waals surface area contributed by atoms with Crippen molar-refractivity contribution in [3.05, 3.63) is 47.9 Å². The number of fused-ring (bicyclic) bond motifs is 1. The number of carbonyl (C=O) groups is 2. The SMILES string of the molecule is CCC1Oc2ccc(C(O)c3ccco3)cc2N(CC(=O)N2CCOCC2)C1=O. The van der Waals surface area contributed by atoms with Crippen LogP contribution in [0.25, 0.3) is 0 Å². The molecule has 154 valence electrons. The van der Waals surface area contributed by atoms with E-state index < -0.39 is 12.2 Å². The molecule has 1 saturated heterocycles. The number of ether oxygens (including phenoxy) is 2. The van der Waals surface area contributed by atoms with Crippen molar-refractivity contribution in [2.75, 3.05) is 37.7 Å². The summed E-state index contributed by atoms with van der Waals surface area (Å²) in [4.78, 5) is 28.9. The highest BCUT2D eigenvalue weighted by molar-refractivity contribution is 6.04. The number of carbonyl (C=O) groups excluding carboxylic acids is 2. The molecule has 8 heteroatoms. The maximum absolute atomic E-state index is 13.0. The van der Waals surface area contributed by atoms with Crippen molar-refractivity contribution in [2.24, 2.45) is 0 Å². The first-order valence-corrected chi connectivity index (χ1v) is 9.77. The number of anilines is 1. The van der Waals surface area contributed by atoms with E-state index in [0.29, 0.717) is 55.5 Å². The zero-order valence-electron chi connectivity index (χ0n) is 16.2. The molecule has 0 spiro atoms. The van der Waals surface area contributed by atoms with Crippen LogP contribution in [0, 0.1) is 0 Å². The highest BCUT2D eigenvalue weighted by Gasteiger charge is 2.36. The van der Waals surface area contributed by atoms with Crippen LogP contribution in [0.2, 0.25) is 0 Å². The molecule has 1 aromatic carbocycles. The molecule has 2 aliphatic rings. The van der Waals surface area contributed by atoms with Crippen LogP contribution in [0.4, 0.5) is 5.69 Å². The number of hydrogen-bond acceptors (Lipinski definition) is 6. The summed E-state index contributed by atoms with van der Waals surface area (Å²) in [6.07, 6.45) is 0.368. The van der Waals surface area contributed by atoms with Gasteiger partial charge in [0.2, 0.25) is 5.91 Å². The molecule has 2 aromatic rings. The monoisotopic (exact) mass is 400 g/mol. The van der Waals surface area contributed by atoms with Crippen LogP contribution in [-0.2, 0) is 14.3 Å². The van der Waals surface area contributed by atoms with Gasteiger partial charge in [0.05, 0.1) is 25.2 Å². The Morgan fingerprint density at radius 1 is 1.28 bits per heavy atom. The number of amides is 2. The summed E-state index contributed by atoms with van der Waals surface area (Å²) >= 11 is 0. The van der Waals surface area contributed by atoms with E-state index in [-0.39, 0.29) is 18.4 Å². The van der Waals surface area contributed by atoms with Crippen LogP contribution in [0.5, 0.6) is 5.75 Å². The number of hydrogen-bond donors (Lipinski definition) is 1. The second-order valence-electron chi connectivity index (χ2n) is 7.08. The highest BCUT2D eigenvalue weighted by Crippen LogP contribution is 2.38. The predicted molar refractivity (Wildman–Crippen MR) is 104 cm³/mol. The minimum Gasteiger partial charge on any atom is -0.478 e. The van der Waals surface area contributed by atoms with Crippen molar-refractivity contribution in [2.45, 2.75) is 25.6 Å². The molecule has 1 N–H and O–H groups in total. The van der Waals surface area contributed by atoms with Crippen LogP contribution in [0.15, 0.2) is 41.0 Å². The van der Waals surface area contributed by atoms with E-state index in [1.54, 1.807) is 35.2 Å². The molecule has 0 saturated carbocycles. The van der Waals surface area contributed by atoms with Crippen molar-refractivity contribution in [1.29, 1.82) is 0 Å². The first-order valence-electron chi connectivity index (χ1n) is 9.77. The molecular formula is C21H24N2O6. The van der Waals surface area contributed by atoms with Crippen LogP contribution >= 0.6 is 0 Å². The van der Waals surface area contributed by atoms with E-state index >= 15 is 0 Å². The van der Waals surface area contributed by atoms with Crippen molar-refractivity contribution in [1.82, 2.24) is 4.90 Å². The Hall–Kier alpha value is -2.84. The summed E-state index contributed by atoms with van der Waals surface area (Å²) in [5.41, 5.74) is 1.03. The first-order chi connectivity index (χ1) is 14.1. The molecule has 2 unspecified atom stereocenters. The Balaban J connectivity index is 1.64. The fraction of sp³-hybridized carbons (Fsp3) is 0.429. The Bertz CT molecular complexity index is 875. The van der Waals surface area contributed by atoms with Gasteiger partial charge in [-0.15, -0.1) is 0 Å². The minimum atomic E-state index is -0.980. The smallest absolute Gasteiger partial charge is 0.268 e. The number of benzene rings is 1. The lowest BCUT2D eigenvalue weighted by Gasteiger charge is -2.36. The molecule has 1 fully saturated rings. The standard InChI is InChI=1S/C21H24N2O6/c1-2-16-21(26)23(13-19(24)22-7-10-27-11-8-22)15-12-14(5-6-17(15)29-16)20(25)18-4-3-9-28-18/h3-6,9,12,16,20,25H,2,7-8,10-11,13H2,1H3. The van der Waals surface area contributed by atoms with E-state index in [2.05, 4.69) is 0 Å². The maximum atomic E-state index is 13.0. The number of nitrogens with zero attached hydrogens (tertiary/aromatic N) is 2. The second-order valence-corrected chi connectivity index (χ2v) is 7.08. The van der Waals surface area contributed by atoms with Crippen LogP contribution in [-0.4, -0.2) is 60.8 Å². The summed E-state index contributed by atoms with van der Waals surface area (Å²) in [6.45, 7) is 3.81. The first kappa shape index (κ1) is 19.5. The average molecular weight is 400 g/mol. The third-order valence-corrected chi connectivity index (χ3v) is 5.24. The minimum absolute atomic E-state index is 0.0774. The lowest BCUT2D eigenvalue weighted by atomic mass is 10.0. The van der Waals surface area contributed by atoms with E-state index in [9.17, 15) is 14.7 Å². The number of aliphatic hydroxyl groups is 1. The van der Waals surface area contributed by atoms with E-state index in [0.717, 1.165) is 0 Å². The van der Waals surface area contributed by atoms with Gasteiger partial charge in [-0.25, -0.2) is 0 Å². The fourth-order valence-corrected chi connectivity index (χ4v) is 3.59. The van der Waals surface area contributed by atoms with Gasteiger partial charge in [-0.1, -0.05) is 13.0 Å². The van der Waals surface area contributed by atoms with Gasteiger partial charge in [0.1, 0.15) is 24.2 Å². The molecule has 3 heterocycles. The van der Waals surface area contributed by atoms with E-state index in [1.165, 1.54) is 11.2 Å². The van der Waals surface area contributed by atoms with Gasteiger partial charge < -0.3 is 23.9 Å². The molecule has 0 bridgehead atoms. The Labute approximate surface area is 168 Å². The molecular weight excluding hydrogens is 376 g/mol. The summed E-state index contributed by atoms with van der Waals surface area (Å²) in [5.74, 6) is 0.518. The van der Waals surface area contributed by atoms with Crippen LogP contribution in [0.1, 0.15) is 30.8 Å². The molecule has 0 radical (unpaired) electrons. The van der Waals surface area contributed by atoms with Crippen LogP contribution in [0.3, 0.4) is 0 Å². The number of rotatable bonds is 5. The van der Waals surface area contributed by atoms with E-state index in [1.807, 2.05) is 6.92 Å². The zero-order chi connectivity index (χ0) is 20.4. The summed E-state index contributed by atoms with van der Waals surface area (Å²) in [7, 11) is 0. The van der Waals surface area contributed by atoms with Gasteiger partial charge in [0.15, 0.2) is 6.10 Å². The quantitative estimate of drug-likeness (QED) is 0.822. The number of aliphatic hydroxyl groups excluding tert-OH is 1. The third-order valence-electron chi connectivity index (χ3n) is 5.24. The predicted octanol–water partition coefficient (Wildman–Crippen LogP) is 1.72. The molecule has 2 aliphatic heterocycles. The fourth-order valence-electron chi connectivity index (χ4n) is 3.59. The second kappa shape index (κ2) is 8.26. The van der Waals surface area contributed by atoms with Gasteiger partial charge >= 0.3 is 0 Å². The Kier molecular flexibility index (Phi) is 5.55.